The Bertz CT molecular complexity index is 1100. The molecule has 11 heteroatoms. The van der Waals surface area contributed by atoms with Crippen LogP contribution in [0, 0.1) is 0 Å². The van der Waals surface area contributed by atoms with Gasteiger partial charge in [-0.25, -0.2) is 19.7 Å². The van der Waals surface area contributed by atoms with Gasteiger partial charge in [-0.3, -0.25) is 9.59 Å². The van der Waals surface area contributed by atoms with Crippen LogP contribution in [-0.4, -0.2) is 74.4 Å². The minimum absolute atomic E-state index is 0.125. The Hall–Kier alpha value is -3.27. The molecule has 0 radical (unpaired) electrons. The number of hydrogen-bond acceptors (Lipinski definition) is 7. The molecule has 3 amide bonds. The van der Waals surface area contributed by atoms with E-state index in [4.69, 9.17) is 16.3 Å². The van der Waals surface area contributed by atoms with E-state index < -0.39 is 17.7 Å². The molecule has 3 heterocycles. The van der Waals surface area contributed by atoms with Gasteiger partial charge in [0.15, 0.2) is 0 Å². The van der Waals surface area contributed by atoms with Crippen molar-refractivity contribution in [1.29, 1.82) is 0 Å². The second-order valence-electron chi connectivity index (χ2n) is 9.15. The van der Waals surface area contributed by atoms with Crippen LogP contribution >= 0.6 is 11.6 Å². The molecule has 1 fully saturated rings. The first-order chi connectivity index (χ1) is 15.9. The van der Waals surface area contributed by atoms with Crippen molar-refractivity contribution < 1.29 is 19.1 Å². The molecular weight excluding hydrogens is 460 g/mol. The third kappa shape index (κ3) is 5.80. The van der Waals surface area contributed by atoms with Gasteiger partial charge in [-0.05, 0) is 51.5 Å². The number of pyridine rings is 1. The van der Waals surface area contributed by atoms with Crippen molar-refractivity contribution in [2.45, 2.75) is 52.3 Å². The van der Waals surface area contributed by atoms with E-state index in [1.807, 2.05) is 6.92 Å². The molecule has 1 saturated heterocycles. The number of hydrogen-bond donors (Lipinski definition) is 1. The number of aromatic nitrogens is 3. The molecule has 1 aliphatic heterocycles. The maximum Gasteiger partial charge on any atom is 0.410 e. The third-order valence-corrected chi connectivity index (χ3v) is 5.49. The Balaban J connectivity index is 2.01. The lowest BCUT2D eigenvalue weighted by atomic mass is 9.99. The van der Waals surface area contributed by atoms with Gasteiger partial charge in [0.2, 0.25) is 5.91 Å². The van der Waals surface area contributed by atoms with Crippen LogP contribution in [0.25, 0.3) is 11.4 Å². The molecule has 10 nitrogen and oxygen atoms in total. The first-order valence-electron chi connectivity index (χ1n) is 10.9. The van der Waals surface area contributed by atoms with Gasteiger partial charge in [-0.1, -0.05) is 11.6 Å². The number of nitrogens with zero attached hydrogens (tertiary/aromatic N) is 5. The number of carbonyl (C=O) groups is 3. The summed E-state index contributed by atoms with van der Waals surface area (Å²) in [5, 5.41) is 2.71. The lowest BCUT2D eigenvalue weighted by Crippen LogP contribution is -2.57. The molecular formula is C23H29ClN6O4. The Morgan fingerprint density at radius 3 is 2.44 bits per heavy atom. The molecule has 3 rings (SSSR count). The van der Waals surface area contributed by atoms with E-state index in [9.17, 15) is 14.4 Å². The van der Waals surface area contributed by atoms with E-state index in [0.29, 0.717) is 23.5 Å². The van der Waals surface area contributed by atoms with Gasteiger partial charge in [0.05, 0.1) is 17.4 Å². The van der Waals surface area contributed by atoms with Crippen LogP contribution in [0.4, 0.5) is 4.79 Å². The molecule has 2 aromatic rings. The minimum Gasteiger partial charge on any atom is -0.444 e. The summed E-state index contributed by atoms with van der Waals surface area (Å²) in [5.74, 6) is -0.484. The number of piperazine rings is 1. The number of nitrogens with one attached hydrogen (secondary N) is 1. The van der Waals surface area contributed by atoms with Gasteiger partial charge < -0.3 is 19.9 Å². The minimum atomic E-state index is -0.643. The number of carbonyl (C=O) groups excluding carboxylic acids is 3. The van der Waals surface area contributed by atoms with Crippen LogP contribution in [0.2, 0.25) is 5.15 Å². The summed E-state index contributed by atoms with van der Waals surface area (Å²) < 4.78 is 5.56. The van der Waals surface area contributed by atoms with Crippen molar-refractivity contribution in [3.8, 4) is 11.4 Å². The summed E-state index contributed by atoms with van der Waals surface area (Å²) in [6, 6.07) is 4.21. The predicted molar refractivity (Wildman–Crippen MR) is 126 cm³/mol. The van der Waals surface area contributed by atoms with Crippen LogP contribution in [0.15, 0.2) is 24.5 Å². The van der Waals surface area contributed by atoms with Crippen LogP contribution in [0.3, 0.4) is 0 Å². The Morgan fingerprint density at radius 2 is 1.82 bits per heavy atom. The number of halogens is 1. The Kier molecular flexibility index (Phi) is 7.40. The monoisotopic (exact) mass is 488 g/mol. The van der Waals surface area contributed by atoms with Crippen LogP contribution in [-0.2, 0) is 9.53 Å². The maximum atomic E-state index is 12.8. The van der Waals surface area contributed by atoms with E-state index in [2.05, 4.69) is 20.3 Å². The second-order valence-corrected chi connectivity index (χ2v) is 9.54. The zero-order valence-electron chi connectivity index (χ0n) is 20.1. The van der Waals surface area contributed by atoms with Crippen LogP contribution < -0.4 is 5.32 Å². The van der Waals surface area contributed by atoms with Gasteiger partial charge in [-0.15, -0.1) is 0 Å². The lowest BCUT2D eigenvalue weighted by molar-refractivity contribution is -0.137. The Labute approximate surface area is 203 Å². The molecule has 0 bridgehead atoms. The fourth-order valence-corrected chi connectivity index (χ4v) is 4.16. The summed E-state index contributed by atoms with van der Waals surface area (Å²) in [4.78, 5) is 53.3. The largest absolute Gasteiger partial charge is 0.444 e. The highest BCUT2D eigenvalue weighted by atomic mass is 35.5. The highest BCUT2D eigenvalue weighted by Crippen LogP contribution is 2.33. The third-order valence-electron chi connectivity index (χ3n) is 5.29. The summed E-state index contributed by atoms with van der Waals surface area (Å²) in [6.45, 7) is 9.37. The summed E-state index contributed by atoms with van der Waals surface area (Å²) in [7, 11) is 1.51. The highest BCUT2D eigenvalue weighted by molar-refractivity contribution is 6.29. The molecule has 0 aromatic carbocycles. The fourth-order valence-electron chi connectivity index (χ4n) is 3.95. The van der Waals surface area contributed by atoms with E-state index in [1.54, 1.807) is 42.7 Å². The number of ether oxygens (including phenoxy) is 1. The molecule has 34 heavy (non-hydrogen) atoms. The van der Waals surface area contributed by atoms with E-state index in [1.165, 1.54) is 26.4 Å². The summed E-state index contributed by atoms with van der Waals surface area (Å²) >= 11 is 6.36. The van der Waals surface area contributed by atoms with Crippen LogP contribution in [0.5, 0.6) is 0 Å². The van der Waals surface area contributed by atoms with Crippen molar-refractivity contribution in [2.75, 3.05) is 20.1 Å². The molecule has 2 atom stereocenters. The van der Waals surface area contributed by atoms with Gasteiger partial charge in [-0.2, -0.15) is 0 Å². The average molecular weight is 489 g/mol. The van der Waals surface area contributed by atoms with Crippen molar-refractivity contribution in [3.05, 3.63) is 40.9 Å². The molecule has 2 aromatic heterocycles. The zero-order valence-corrected chi connectivity index (χ0v) is 20.9. The summed E-state index contributed by atoms with van der Waals surface area (Å²) in [6.07, 6.45) is 0.829. The fraction of sp³-hybridized carbons (Fsp3) is 0.478. The first-order valence-corrected chi connectivity index (χ1v) is 11.3. The molecule has 0 spiro atoms. The molecule has 182 valence electrons. The molecule has 1 N–H and O–H groups in total. The van der Waals surface area contributed by atoms with Crippen molar-refractivity contribution >= 4 is 29.5 Å². The van der Waals surface area contributed by atoms with Gasteiger partial charge in [0.25, 0.3) is 5.91 Å². The van der Waals surface area contributed by atoms with Gasteiger partial charge in [0, 0.05) is 33.1 Å². The maximum absolute atomic E-state index is 12.8. The lowest BCUT2D eigenvalue weighted by Gasteiger charge is -2.45. The summed E-state index contributed by atoms with van der Waals surface area (Å²) in [5.41, 5.74) is 1.05. The van der Waals surface area contributed by atoms with E-state index in [-0.39, 0.29) is 35.2 Å². The predicted octanol–water partition coefficient (Wildman–Crippen LogP) is 3.08. The van der Waals surface area contributed by atoms with Gasteiger partial charge >= 0.3 is 6.09 Å². The molecule has 1 aliphatic rings. The average Bonchev–Trinajstić information content (AvgIpc) is 2.76. The molecule has 0 aliphatic carbocycles. The number of rotatable bonds is 3. The quantitative estimate of drug-likeness (QED) is 0.659. The number of amides is 3. The normalized spacial score (nSPS) is 18.4. The van der Waals surface area contributed by atoms with Crippen molar-refractivity contribution in [3.63, 3.8) is 0 Å². The van der Waals surface area contributed by atoms with E-state index >= 15 is 0 Å². The van der Waals surface area contributed by atoms with E-state index in [0.717, 1.165) is 0 Å². The topological polar surface area (TPSA) is 118 Å². The van der Waals surface area contributed by atoms with Crippen molar-refractivity contribution in [2.24, 2.45) is 0 Å². The smallest absolute Gasteiger partial charge is 0.410 e. The van der Waals surface area contributed by atoms with Crippen molar-refractivity contribution in [1.82, 2.24) is 30.1 Å². The second kappa shape index (κ2) is 9.92. The molecule has 0 unspecified atom stereocenters. The zero-order chi connectivity index (χ0) is 25.2. The SMILES string of the molecule is CNC(=O)c1cc(-c2cc([C@@H]3CN(C(=O)OC(C)(C)C)C[C@@H](C)N3C(C)=O)cc(Cl)n2)ncn1. The highest BCUT2D eigenvalue weighted by Gasteiger charge is 2.38. The van der Waals surface area contributed by atoms with Crippen LogP contribution in [0.1, 0.15) is 56.7 Å². The van der Waals surface area contributed by atoms with Gasteiger partial charge in [0.1, 0.15) is 22.8 Å². The first kappa shape index (κ1) is 25.4. The molecule has 0 saturated carbocycles. The standard InChI is InChI=1S/C23H29ClN6O4/c1-13-10-29(22(33)34-23(3,4)5)11-19(30(13)14(2)31)15-7-17(28-20(24)8-15)16-9-18(21(32)25-6)27-12-26-16/h7-9,12-13,19H,10-11H2,1-6H3,(H,25,32)/t13-,19+/m1/s1. The Morgan fingerprint density at radius 1 is 1.12 bits per heavy atom.